The maximum atomic E-state index is 11.6. The maximum absolute atomic E-state index is 11.6. The molecule has 196 valence electrons. The number of benzene rings is 1. The first-order valence-corrected chi connectivity index (χ1v) is 10.7. The van der Waals surface area contributed by atoms with E-state index in [9.17, 15) is 45.5 Å². The molecule has 3 rings (SSSR count). The van der Waals surface area contributed by atoms with E-state index in [-0.39, 0.29) is 11.4 Å². The highest BCUT2D eigenvalue weighted by molar-refractivity contribution is 5.73. The summed E-state index contributed by atoms with van der Waals surface area (Å²) in [5.41, 5.74) is -0.193. The standard InChI is InChI=1S/C20H28N2O13/c1-8(24)21-13-16(27)15(26)12(7-32-20-18(29)17(28)14(25)11(6-23)34-20)35-19(13)33-10-4-2-9(3-5-10)22(30)31/h2-5,11-20,23,25-29H,6-7H2,1H3,(H,21,24)/t11-,12-,13-,14+,15-,16-,17+,18-,19+,20-/m1/s1. The number of aliphatic hydroxyl groups is 6. The summed E-state index contributed by atoms with van der Waals surface area (Å²) in [6, 6.07) is 3.68. The van der Waals surface area contributed by atoms with Gasteiger partial charge in [0, 0.05) is 19.1 Å². The van der Waals surface area contributed by atoms with E-state index in [4.69, 9.17) is 18.9 Å². The van der Waals surface area contributed by atoms with Gasteiger partial charge in [0.15, 0.2) is 6.29 Å². The van der Waals surface area contributed by atoms with Crippen LogP contribution in [0.2, 0.25) is 0 Å². The van der Waals surface area contributed by atoms with E-state index < -0.39 is 85.4 Å². The first-order valence-electron chi connectivity index (χ1n) is 10.7. The maximum Gasteiger partial charge on any atom is 0.269 e. The van der Waals surface area contributed by atoms with E-state index in [0.29, 0.717) is 0 Å². The summed E-state index contributed by atoms with van der Waals surface area (Å²) >= 11 is 0. The van der Waals surface area contributed by atoms with Crippen LogP contribution in [0.15, 0.2) is 24.3 Å². The Kier molecular flexibility index (Phi) is 8.92. The Balaban J connectivity index is 1.72. The van der Waals surface area contributed by atoms with Gasteiger partial charge in [-0.2, -0.15) is 0 Å². The fraction of sp³-hybridized carbons (Fsp3) is 0.650. The van der Waals surface area contributed by atoms with Crippen molar-refractivity contribution in [1.29, 1.82) is 0 Å². The fourth-order valence-corrected chi connectivity index (χ4v) is 3.73. The third-order valence-corrected chi connectivity index (χ3v) is 5.64. The molecule has 0 saturated carbocycles. The number of hydrogen-bond acceptors (Lipinski definition) is 13. The van der Waals surface area contributed by atoms with Gasteiger partial charge in [-0.15, -0.1) is 0 Å². The molecule has 0 radical (unpaired) electrons. The summed E-state index contributed by atoms with van der Waals surface area (Å²) in [7, 11) is 0. The Morgan fingerprint density at radius 2 is 1.57 bits per heavy atom. The molecule has 1 aromatic carbocycles. The molecule has 10 atom stereocenters. The number of nitrogens with one attached hydrogen (secondary N) is 1. The van der Waals surface area contributed by atoms with Gasteiger partial charge >= 0.3 is 0 Å². The zero-order chi connectivity index (χ0) is 25.9. The third-order valence-electron chi connectivity index (χ3n) is 5.64. The predicted molar refractivity (Wildman–Crippen MR) is 112 cm³/mol. The van der Waals surface area contributed by atoms with Crippen molar-refractivity contribution in [2.24, 2.45) is 0 Å². The van der Waals surface area contributed by atoms with Crippen molar-refractivity contribution < 1.29 is 59.3 Å². The minimum absolute atomic E-state index is 0.105. The second kappa shape index (κ2) is 11.5. The van der Waals surface area contributed by atoms with E-state index in [1.807, 2.05) is 0 Å². The molecule has 0 unspecified atom stereocenters. The molecule has 15 nitrogen and oxygen atoms in total. The van der Waals surface area contributed by atoms with Crippen molar-refractivity contribution in [2.45, 2.75) is 68.3 Å². The zero-order valence-corrected chi connectivity index (χ0v) is 18.5. The summed E-state index contributed by atoms with van der Waals surface area (Å²) < 4.78 is 22.0. The SMILES string of the molecule is CC(=O)N[C@H]1[C@@H](Oc2ccc([N+](=O)[O-])cc2)O[C@H](CO[C@@H]2O[C@H](CO)[C@H](O)[C@H](O)[C@H]2O)[C@@H](O)[C@@H]1O. The van der Waals surface area contributed by atoms with Crippen LogP contribution >= 0.6 is 0 Å². The number of non-ortho nitro benzene ring substituents is 1. The van der Waals surface area contributed by atoms with Crippen LogP contribution < -0.4 is 10.1 Å². The minimum atomic E-state index is -1.70. The lowest BCUT2D eigenvalue weighted by Crippen LogP contribution is -2.66. The Hall–Kier alpha value is -2.47. The van der Waals surface area contributed by atoms with Gasteiger partial charge in [-0.1, -0.05) is 0 Å². The van der Waals surface area contributed by atoms with E-state index >= 15 is 0 Å². The van der Waals surface area contributed by atoms with Crippen LogP contribution in [0, 0.1) is 10.1 Å². The quantitative estimate of drug-likeness (QED) is 0.136. The molecule has 0 aromatic heterocycles. The second-order valence-corrected chi connectivity index (χ2v) is 8.15. The second-order valence-electron chi connectivity index (χ2n) is 8.15. The summed E-state index contributed by atoms with van der Waals surface area (Å²) in [6.45, 7) is -0.000197. The van der Waals surface area contributed by atoms with E-state index in [0.717, 1.165) is 0 Å². The number of rotatable bonds is 8. The van der Waals surface area contributed by atoms with Gasteiger partial charge in [-0.25, -0.2) is 0 Å². The average molecular weight is 504 g/mol. The number of hydrogen-bond donors (Lipinski definition) is 7. The van der Waals surface area contributed by atoms with Crippen LogP contribution in [0.4, 0.5) is 5.69 Å². The van der Waals surface area contributed by atoms with Crippen LogP contribution in [0.5, 0.6) is 5.75 Å². The first kappa shape index (κ1) is 27.1. The lowest BCUT2D eigenvalue weighted by Gasteiger charge is -2.44. The largest absolute Gasteiger partial charge is 0.463 e. The summed E-state index contributed by atoms with van der Waals surface area (Å²) in [5, 5.41) is 73.5. The third kappa shape index (κ3) is 6.21. The molecule has 35 heavy (non-hydrogen) atoms. The zero-order valence-electron chi connectivity index (χ0n) is 18.5. The predicted octanol–water partition coefficient (Wildman–Crippen LogP) is -3.26. The highest BCUT2D eigenvalue weighted by Gasteiger charge is 2.48. The number of carbonyl (C=O) groups is 1. The van der Waals surface area contributed by atoms with Crippen molar-refractivity contribution in [3.05, 3.63) is 34.4 Å². The number of nitro groups is 1. The lowest BCUT2D eigenvalue weighted by molar-refractivity contribution is -0.384. The molecule has 2 heterocycles. The number of carbonyl (C=O) groups excluding carboxylic acids is 1. The highest BCUT2D eigenvalue weighted by atomic mass is 16.7. The molecular formula is C20H28N2O13. The van der Waals surface area contributed by atoms with Crippen molar-refractivity contribution in [1.82, 2.24) is 5.32 Å². The molecule has 1 aromatic rings. The smallest absolute Gasteiger partial charge is 0.269 e. The Morgan fingerprint density at radius 3 is 2.14 bits per heavy atom. The van der Waals surface area contributed by atoms with Gasteiger partial charge in [0.05, 0.1) is 18.1 Å². The van der Waals surface area contributed by atoms with Crippen molar-refractivity contribution in [3.8, 4) is 5.75 Å². The van der Waals surface area contributed by atoms with Crippen molar-refractivity contribution >= 4 is 11.6 Å². The highest BCUT2D eigenvalue weighted by Crippen LogP contribution is 2.28. The molecule has 0 bridgehead atoms. The molecule has 2 saturated heterocycles. The van der Waals surface area contributed by atoms with Crippen LogP contribution in [-0.4, -0.2) is 116 Å². The first-order chi connectivity index (χ1) is 16.5. The Labute approximate surface area is 198 Å². The van der Waals surface area contributed by atoms with Gasteiger partial charge in [0.2, 0.25) is 12.2 Å². The van der Waals surface area contributed by atoms with E-state index in [1.54, 1.807) is 0 Å². The average Bonchev–Trinajstić information content (AvgIpc) is 2.82. The number of amides is 1. The monoisotopic (exact) mass is 504 g/mol. The van der Waals surface area contributed by atoms with Gasteiger partial charge in [-0.05, 0) is 12.1 Å². The molecule has 0 spiro atoms. The van der Waals surface area contributed by atoms with Crippen molar-refractivity contribution in [2.75, 3.05) is 13.2 Å². The van der Waals surface area contributed by atoms with E-state index in [2.05, 4.69) is 5.32 Å². The molecule has 0 aliphatic carbocycles. The van der Waals surface area contributed by atoms with Crippen LogP contribution in [0.1, 0.15) is 6.92 Å². The molecule has 15 heteroatoms. The van der Waals surface area contributed by atoms with Gasteiger partial charge < -0.3 is 54.9 Å². The van der Waals surface area contributed by atoms with Gasteiger partial charge in [0.1, 0.15) is 54.5 Å². The van der Waals surface area contributed by atoms with Gasteiger partial charge in [0.25, 0.3) is 5.69 Å². The Bertz CT molecular complexity index is 869. The molecule has 2 aliphatic heterocycles. The van der Waals surface area contributed by atoms with Crippen LogP contribution in [0.25, 0.3) is 0 Å². The number of aliphatic hydroxyl groups excluding tert-OH is 6. The molecule has 1 amide bonds. The fourth-order valence-electron chi connectivity index (χ4n) is 3.73. The molecule has 2 fully saturated rings. The van der Waals surface area contributed by atoms with Crippen molar-refractivity contribution in [3.63, 3.8) is 0 Å². The number of ether oxygens (including phenoxy) is 4. The van der Waals surface area contributed by atoms with E-state index in [1.165, 1.54) is 31.2 Å². The van der Waals surface area contributed by atoms with Crippen LogP contribution in [0.3, 0.4) is 0 Å². The van der Waals surface area contributed by atoms with Crippen LogP contribution in [-0.2, 0) is 19.0 Å². The number of nitro benzene ring substituents is 1. The minimum Gasteiger partial charge on any atom is -0.463 e. The van der Waals surface area contributed by atoms with Gasteiger partial charge in [-0.3, -0.25) is 14.9 Å². The summed E-state index contributed by atoms with van der Waals surface area (Å²) in [5.74, 6) is -0.452. The lowest BCUT2D eigenvalue weighted by atomic mass is 9.96. The molecular weight excluding hydrogens is 476 g/mol. The topological polar surface area (TPSA) is 231 Å². The number of nitrogens with zero attached hydrogens (tertiary/aromatic N) is 1. The Morgan fingerprint density at radius 1 is 0.971 bits per heavy atom. The molecule has 2 aliphatic rings. The summed E-state index contributed by atoms with van der Waals surface area (Å²) in [6.07, 6.45) is -13.6. The molecule has 7 N–H and O–H groups in total. The normalized spacial score (nSPS) is 37.5. The summed E-state index contributed by atoms with van der Waals surface area (Å²) in [4.78, 5) is 21.9.